The number of hydrogen-bond donors (Lipinski definition) is 0. The molecule has 0 aromatic heterocycles. The van der Waals surface area contributed by atoms with Crippen LogP contribution in [0.1, 0.15) is 13.3 Å². The Morgan fingerprint density at radius 1 is 1.53 bits per heavy atom. The van der Waals surface area contributed by atoms with E-state index in [4.69, 9.17) is 27.9 Å². The molecule has 0 spiro atoms. The van der Waals surface area contributed by atoms with Crippen LogP contribution >= 0.6 is 23.2 Å². The third-order valence-corrected chi connectivity index (χ3v) is 3.93. The van der Waals surface area contributed by atoms with E-state index in [2.05, 4.69) is 0 Å². The monoisotopic (exact) mass is 296 g/mol. The van der Waals surface area contributed by atoms with Crippen LogP contribution in [0.15, 0.2) is 22.3 Å². The zero-order chi connectivity index (χ0) is 13.2. The van der Waals surface area contributed by atoms with Crippen molar-refractivity contribution in [2.24, 2.45) is 0 Å². The molecule has 0 aliphatic heterocycles. The lowest BCUT2D eigenvalue weighted by Crippen LogP contribution is -2.32. The third-order valence-electron chi connectivity index (χ3n) is 2.37. The Balaban J connectivity index is 3.56. The molecule has 1 aliphatic carbocycles. The van der Waals surface area contributed by atoms with Gasteiger partial charge in [-0.15, -0.1) is 0 Å². The van der Waals surface area contributed by atoms with E-state index >= 15 is 0 Å². The fourth-order valence-corrected chi connectivity index (χ4v) is 2.86. The summed E-state index contributed by atoms with van der Waals surface area (Å²) < 4.78 is 27.3. The molecule has 0 bridgehead atoms. The zero-order valence-corrected chi connectivity index (χ0v) is 11.5. The smallest absolute Gasteiger partial charge is 0.251 e. The lowest BCUT2D eigenvalue weighted by atomic mass is 9.95. The largest absolute Gasteiger partial charge is 0.371 e. The van der Waals surface area contributed by atoms with E-state index in [9.17, 15) is 13.2 Å². The number of allylic oxidation sites excluding steroid dienone is 2. The molecule has 0 fully saturated rings. The average molecular weight is 297 g/mol. The van der Waals surface area contributed by atoms with E-state index in [-0.39, 0.29) is 15.5 Å². The van der Waals surface area contributed by atoms with Crippen molar-refractivity contribution in [3.8, 4) is 0 Å². The Morgan fingerprint density at radius 2 is 2.12 bits per heavy atom. The van der Waals surface area contributed by atoms with Crippen molar-refractivity contribution < 1.29 is 17.9 Å². The molecule has 0 amide bonds. The maximum absolute atomic E-state index is 11.2. The Hall–Kier alpha value is -0.620. The molecule has 4 nitrogen and oxygen atoms in total. The second kappa shape index (κ2) is 5.82. The topological polar surface area (TPSA) is 60.4 Å². The van der Waals surface area contributed by atoms with Crippen molar-refractivity contribution >= 4 is 43.6 Å². The van der Waals surface area contributed by atoms with E-state index < -0.39 is 21.6 Å². The molecule has 1 aliphatic rings. The van der Waals surface area contributed by atoms with E-state index in [1.54, 1.807) is 6.92 Å². The number of rotatable bonds is 3. The number of methoxy groups -OCH3 is 1. The van der Waals surface area contributed by atoms with E-state index in [1.807, 2.05) is 0 Å². The lowest BCUT2D eigenvalue weighted by Gasteiger charge is -2.22. The minimum atomic E-state index is -2.57. The van der Waals surface area contributed by atoms with Gasteiger partial charge in [-0.1, -0.05) is 18.5 Å². The molecule has 7 heteroatoms. The molecule has 0 aromatic rings. The lowest BCUT2D eigenvalue weighted by molar-refractivity contribution is -0.109. The Kier molecular flexibility index (Phi) is 4.94. The predicted octanol–water partition coefficient (Wildman–Crippen LogP) is 1.66. The number of carbonyl (C=O) groups is 1. The van der Waals surface area contributed by atoms with Gasteiger partial charge in [0.05, 0.1) is 5.03 Å². The summed E-state index contributed by atoms with van der Waals surface area (Å²) in [6.07, 6.45) is 0.923. The SMILES string of the molecule is CCC1=C(Cl)C(=S(=O)=O)C(OC)C(C(=O)Cl)=C1. The summed E-state index contributed by atoms with van der Waals surface area (Å²) in [5.41, 5.74) is 0.623. The van der Waals surface area contributed by atoms with Gasteiger partial charge in [-0.05, 0) is 29.7 Å². The Morgan fingerprint density at radius 3 is 2.47 bits per heavy atom. The zero-order valence-electron chi connectivity index (χ0n) is 9.16. The van der Waals surface area contributed by atoms with Crippen LogP contribution in [0, 0.1) is 0 Å². The van der Waals surface area contributed by atoms with Gasteiger partial charge in [0.15, 0.2) is 0 Å². The highest BCUT2D eigenvalue weighted by molar-refractivity contribution is 7.73. The first kappa shape index (κ1) is 14.4. The van der Waals surface area contributed by atoms with Crippen LogP contribution in [0.5, 0.6) is 0 Å². The van der Waals surface area contributed by atoms with Gasteiger partial charge in [0, 0.05) is 12.7 Å². The summed E-state index contributed by atoms with van der Waals surface area (Å²) >= 11 is 11.4. The van der Waals surface area contributed by atoms with Crippen LogP contribution in [0.25, 0.3) is 0 Å². The highest BCUT2D eigenvalue weighted by Crippen LogP contribution is 2.29. The highest BCUT2D eigenvalue weighted by Gasteiger charge is 2.32. The van der Waals surface area contributed by atoms with E-state index in [0.29, 0.717) is 12.0 Å². The third kappa shape index (κ3) is 2.80. The van der Waals surface area contributed by atoms with Crippen molar-refractivity contribution in [2.45, 2.75) is 19.4 Å². The number of halogens is 2. The van der Waals surface area contributed by atoms with Gasteiger partial charge in [0.2, 0.25) is 10.3 Å². The molecule has 0 aromatic carbocycles. The predicted molar refractivity (Wildman–Crippen MR) is 66.8 cm³/mol. The summed E-state index contributed by atoms with van der Waals surface area (Å²) in [4.78, 5) is 11.1. The molecule has 17 heavy (non-hydrogen) atoms. The molecular weight excluding hydrogens is 287 g/mol. The maximum atomic E-state index is 11.2. The average Bonchev–Trinajstić information content (AvgIpc) is 2.27. The van der Waals surface area contributed by atoms with Gasteiger partial charge in [0.25, 0.3) is 5.24 Å². The normalized spacial score (nSPS) is 20.4. The maximum Gasteiger partial charge on any atom is 0.251 e. The van der Waals surface area contributed by atoms with Gasteiger partial charge in [-0.25, -0.2) is 0 Å². The van der Waals surface area contributed by atoms with Gasteiger partial charge >= 0.3 is 0 Å². The summed E-state index contributed by atoms with van der Waals surface area (Å²) in [5.74, 6) is 0. The molecule has 0 heterocycles. The molecule has 0 radical (unpaired) electrons. The summed E-state index contributed by atoms with van der Waals surface area (Å²) in [7, 11) is -1.29. The molecule has 0 saturated heterocycles. The van der Waals surface area contributed by atoms with Crippen molar-refractivity contribution in [1.29, 1.82) is 0 Å². The van der Waals surface area contributed by atoms with Crippen LogP contribution in [-0.4, -0.2) is 31.7 Å². The molecule has 1 unspecified atom stereocenters. The van der Waals surface area contributed by atoms with Crippen molar-refractivity contribution in [2.75, 3.05) is 7.11 Å². The van der Waals surface area contributed by atoms with Crippen LogP contribution in [0.2, 0.25) is 0 Å². The number of carbonyl (C=O) groups excluding carboxylic acids is 1. The van der Waals surface area contributed by atoms with Crippen LogP contribution < -0.4 is 0 Å². The molecule has 0 saturated carbocycles. The molecule has 94 valence electrons. The Labute approximate surface area is 110 Å². The van der Waals surface area contributed by atoms with E-state index in [1.165, 1.54) is 13.2 Å². The highest BCUT2D eigenvalue weighted by atomic mass is 35.5. The fraction of sp³-hybridized carbons (Fsp3) is 0.400. The van der Waals surface area contributed by atoms with Gasteiger partial charge in [-0.3, -0.25) is 4.79 Å². The molecule has 0 N–H and O–H groups in total. The molecule has 1 rings (SSSR count). The quantitative estimate of drug-likeness (QED) is 0.587. The summed E-state index contributed by atoms with van der Waals surface area (Å²) in [6, 6.07) is 0. The second-order valence-electron chi connectivity index (χ2n) is 3.28. The first-order chi connectivity index (χ1) is 7.93. The van der Waals surface area contributed by atoms with Crippen molar-refractivity contribution in [1.82, 2.24) is 0 Å². The standard InChI is InChI=1S/C10H10Cl2O4S/c1-3-5-4-6(10(12)13)8(16-2)9(7(5)11)17(14)15/h4,8H,3H2,1-2H3. The van der Waals surface area contributed by atoms with Crippen molar-refractivity contribution in [3.63, 3.8) is 0 Å². The minimum Gasteiger partial charge on any atom is -0.371 e. The van der Waals surface area contributed by atoms with Crippen LogP contribution in [0.3, 0.4) is 0 Å². The van der Waals surface area contributed by atoms with Crippen LogP contribution in [-0.2, 0) is 19.8 Å². The van der Waals surface area contributed by atoms with Gasteiger partial charge < -0.3 is 4.74 Å². The molecule has 1 atom stereocenters. The first-order valence-electron chi connectivity index (χ1n) is 4.73. The second-order valence-corrected chi connectivity index (χ2v) is 4.91. The molecular formula is C10H10Cl2O4S. The van der Waals surface area contributed by atoms with Crippen molar-refractivity contribution in [3.05, 3.63) is 22.3 Å². The summed E-state index contributed by atoms with van der Waals surface area (Å²) in [5, 5.41) is -0.663. The van der Waals surface area contributed by atoms with Crippen LogP contribution in [0.4, 0.5) is 0 Å². The number of hydrogen-bond acceptors (Lipinski definition) is 4. The van der Waals surface area contributed by atoms with Gasteiger partial charge in [0.1, 0.15) is 11.0 Å². The Bertz CT molecular complexity index is 535. The van der Waals surface area contributed by atoms with E-state index in [0.717, 1.165) is 0 Å². The number of ether oxygens (including phenoxy) is 1. The van der Waals surface area contributed by atoms with Gasteiger partial charge in [-0.2, -0.15) is 8.42 Å². The summed E-state index contributed by atoms with van der Waals surface area (Å²) in [6.45, 7) is 1.79. The first-order valence-corrected chi connectivity index (χ1v) is 6.56. The fourth-order valence-electron chi connectivity index (χ4n) is 1.55. The minimum absolute atomic E-state index is 0.0783.